The number of nitrogens with zero attached hydrogens (tertiary/aromatic N) is 1. The highest BCUT2D eigenvalue weighted by Crippen LogP contribution is 2.46. The van der Waals surface area contributed by atoms with Crippen LogP contribution >= 0.6 is 0 Å². The molecule has 1 atom stereocenters. The van der Waals surface area contributed by atoms with Gasteiger partial charge in [0, 0.05) is 35.7 Å². The lowest BCUT2D eigenvalue weighted by molar-refractivity contribution is -0.121. The minimum atomic E-state index is -0.182. The topological polar surface area (TPSA) is 37.4 Å². The maximum Gasteiger partial charge on any atom is 0.232 e. The summed E-state index contributed by atoms with van der Waals surface area (Å²) >= 11 is 0. The molecule has 0 N–H and O–H groups in total. The fraction of sp³-hybridized carbons (Fsp3) is 0.241. The van der Waals surface area contributed by atoms with Crippen molar-refractivity contribution in [2.45, 2.75) is 33.1 Å². The van der Waals surface area contributed by atoms with Crippen molar-refractivity contribution in [3.05, 3.63) is 95.7 Å². The van der Waals surface area contributed by atoms with E-state index < -0.39 is 0 Å². The van der Waals surface area contributed by atoms with E-state index in [1.807, 2.05) is 65.6 Å². The van der Waals surface area contributed by atoms with Crippen LogP contribution in [0.2, 0.25) is 0 Å². The van der Waals surface area contributed by atoms with E-state index in [0.29, 0.717) is 19.3 Å². The zero-order valence-corrected chi connectivity index (χ0v) is 18.5. The van der Waals surface area contributed by atoms with Crippen LogP contribution in [-0.4, -0.2) is 11.7 Å². The first-order chi connectivity index (χ1) is 15.4. The number of hydrogen-bond acceptors (Lipinski definition) is 2. The monoisotopic (exact) mass is 421 g/mol. The number of carbonyl (C=O) groups is 2. The number of Topliss-reactive ketones (excluding diaryl/α,β-unsaturated/α-hetero) is 1. The quantitative estimate of drug-likeness (QED) is 0.481. The normalized spacial score (nSPS) is 20.8. The summed E-state index contributed by atoms with van der Waals surface area (Å²) in [5.41, 5.74) is 3.43. The standard InChI is InChI=1S/C29H27NO2/c1-29(2)18-25-28(26(31)19-29)23(13-12-20-8-4-3-5-9-20)17-27(32)30(25)24-15-14-21-10-6-7-11-22(21)16-24/h3-16,23H,17-19H2,1-2H3/b13-12+. The summed E-state index contributed by atoms with van der Waals surface area (Å²) in [5, 5.41) is 2.23. The molecule has 1 aliphatic carbocycles. The molecule has 1 amide bonds. The van der Waals surface area contributed by atoms with Crippen LogP contribution in [-0.2, 0) is 9.59 Å². The lowest BCUT2D eigenvalue weighted by Crippen LogP contribution is -2.44. The maximum atomic E-state index is 13.5. The van der Waals surface area contributed by atoms with E-state index in [9.17, 15) is 9.59 Å². The van der Waals surface area contributed by atoms with Crippen LogP contribution in [0.25, 0.3) is 16.8 Å². The van der Waals surface area contributed by atoms with Crippen molar-refractivity contribution in [3.63, 3.8) is 0 Å². The number of allylic oxidation sites excluding steroid dienone is 3. The van der Waals surface area contributed by atoms with Crippen LogP contribution in [0.3, 0.4) is 0 Å². The molecule has 3 aromatic rings. The number of benzene rings is 3. The molecule has 3 heteroatoms. The minimum absolute atomic E-state index is 0.0484. The highest BCUT2D eigenvalue weighted by atomic mass is 16.2. The molecule has 0 saturated carbocycles. The smallest absolute Gasteiger partial charge is 0.232 e. The van der Waals surface area contributed by atoms with E-state index in [0.717, 1.165) is 33.3 Å². The molecule has 3 nitrogen and oxygen atoms in total. The number of ketones is 1. The van der Waals surface area contributed by atoms with Crippen molar-refractivity contribution < 1.29 is 9.59 Å². The molecule has 0 spiro atoms. The summed E-state index contributed by atoms with van der Waals surface area (Å²) < 4.78 is 0. The van der Waals surface area contributed by atoms with Gasteiger partial charge in [-0.05, 0) is 40.3 Å². The average molecular weight is 422 g/mol. The molecular formula is C29H27NO2. The number of hydrogen-bond donors (Lipinski definition) is 0. The van der Waals surface area contributed by atoms with Crippen molar-refractivity contribution >= 4 is 34.2 Å². The fourth-order valence-corrected chi connectivity index (χ4v) is 5.03. The molecular weight excluding hydrogens is 394 g/mol. The predicted molar refractivity (Wildman–Crippen MR) is 130 cm³/mol. The second kappa shape index (κ2) is 7.90. The molecule has 0 radical (unpaired) electrons. The molecule has 1 unspecified atom stereocenters. The second-order valence-corrected chi connectivity index (χ2v) is 9.64. The van der Waals surface area contributed by atoms with E-state index in [1.165, 1.54) is 0 Å². The first-order valence-electron chi connectivity index (χ1n) is 11.2. The maximum absolute atomic E-state index is 13.5. The summed E-state index contributed by atoms with van der Waals surface area (Å²) in [7, 11) is 0. The zero-order chi connectivity index (χ0) is 22.3. The zero-order valence-electron chi connectivity index (χ0n) is 18.5. The van der Waals surface area contributed by atoms with Crippen LogP contribution < -0.4 is 4.90 Å². The molecule has 0 aromatic heterocycles. The van der Waals surface area contributed by atoms with Gasteiger partial charge >= 0.3 is 0 Å². The number of carbonyl (C=O) groups excluding carboxylic acids is 2. The molecule has 1 heterocycles. The third kappa shape index (κ3) is 3.80. The highest BCUT2D eigenvalue weighted by molar-refractivity contribution is 6.08. The molecule has 3 aromatic carbocycles. The Labute approximate surface area is 189 Å². The summed E-state index contributed by atoms with van der Waals surface area (Å²) in [6.07, 6.45) is 5.60. The van der Waals surface area contributed by atoms with E-state index in [-0.39, 0.29) is 23.0 Å². The molecule has 0 fully saturated rings. The fourth-order valence-electron chi connectivity index (χ4n) is 5.03. The van der Waals surface area contributed by atoms with Crippen molar-refractivity contribution in [2.75, 3.05) is 4.90 Å². The summed E-state index contributed by atoms with van der Waals surface area (Å²) in [6.45, 7) is 4.22. The number of anilines is 1. The van der Waals surface area contributed by atoms with Gasteiger partial charge in [0.15, 0.2) is 5.78 Å². The van der Waals surface area contributed by atoms with Gasteiger partial charge in [0.05, 0.1) is 0 Å². The Morgan fingerprint density at radius 1 is 0.875 bits per heavy atom. The van der Waals surface area contributed by atoms with Gasteiger partial charge in [-0.2, -0.15) is 0 Å². The first kappa shape index (κ1) is 20.4. The molecule has 160 valence electrons. The molecule has 1 aliphatic heterocycles. The highest BCUT2D eigenvalue weighted by Gasteiger charge is 2.43. The Morgan fingerprint density at radius 2 is 1.59 bits per heavy atom. The van der Waals surface area contributed by atoms with Crippen LogP contribution in [0, 0.1) is 11.3 Å². The Morgan fingerprint density at radius 3 is 2.38 bits per heavy atom. The van der Waals surface area contributed by atoms with Gasteiger partial charge in [0.25, 0.3) is 0 Å². The average Bonchev–Trinajstić information content (AvgIpc) is 2.77. The Hall–Kier alpha value is -3.46. The van der Waals surface area contributed by atoms with Crippen LogP contribution in [0.1, 0.15) is 38.7 Å². The van der Waals surface area contributed by atoms with Crippen molar-refractivity contribution in [1.82, 2.24) is 0 Å². The lowest BCUT2D eigenvalue weighted by atomic mass is 9.70. The Balaban J connectivity index is 1.61. The van der Waals surface area contributed by atoms with Crippen LogP contribution in [0.4, 0.5) is 5.69 Å². The van der Waals surface area contributed by atoms with Gasteiger partial charge in [0.1, 0.15) is 0 Å². The second-order valence-electron chi connectivity index (χ2n) is 9.64. The lowest BCUT2D eigenvalue weighted by Gasteiger charge is -2.42. The summed E-state index contributed by atoms with van der Waals surface area (Å²) in [4.78, 5) is 28.6. The summed E-state index contributed by atoms with van der Waals surface area (Å²) in [5.74, 6) is 0.0301. The van der Waals surface area contributed by atoms with E-state index in [4.69, 9.17) is 0 Å². The van der Waals surface area contributed by atoms with Crippen LogP contribution in [0.5, 0.6) is 0 Å². The van der Waals surface area contributed by atoms with Gasteiger partial charge in [0.2, 0.25) is 5.91 Å². The van der Waals surface area contributed by atoms with Gasteiger partial charge in [-0.25, -0.2) is 0 Å². The van der Waals surface area contributed by atoms with Gasteiger partial charge in [-0.3, -0.25) is 14.5 Å². The summed E-state index contributed by atoms with van der Waals surface area (Å²) in [6, 6.07) is 24.3. The molecule has 0 saturated heterocycles. The van der Waals surface area contributed by atoms with Crippen molar-refractivity contribution in [2.24, 2.45) is 11.3 Å². The number of fused-ring (bicyclic) bond motifs is 1. The van der Waals surface area contributed by atoms with E-state index in [2.05, 4.69) is 38.1 Å². The minimum Gasteiger partial charge on any atom is -0.294 e. The Bertz CT molecular complexity index is 1270. The third-order valence-electron chi connectivity index (χ3n) is 6.49. The van der Waals surface area contributed by atoms with E-state index in [1.54, 1.807) is 0 Å². The van der Waals surface area contributed by atoms with Crippen molar-refractivity contribution in [1.29, 1.82) is 0 Å². The van der Waals surface area contributed by atoms with E-state index >= 15 is 0 Å². The molecule has 5 rings (SSSR count). The van der Waals surface area contributed by atoms with Gasteiger partial charge in [-0.1, -0.05) is 86.7 Å². The predicted octanol–water partition coefficient (Wildman–Crippen LogP) is 6.55. The Kier molecular flexibility index (Phi) is 5.05. The SMILES string of the molecule is CC1(C)CC(=O)C2=C(C1)N(c1ccc3ccccc3c1)C(=O)CC2/C=C/c1ccccc1. The van der Waals surface area contributed by atoms with Crippen molar-refractivity contribution in [3.8, 4) is 0 Å². The number of amides is 1. The molecule has 0 bridgehead atoms. The number of rotatable bonds is 3. The first-order valence-corrected chi connectivity index (χ1v) is 11.2. The molecule has 32 heavy (non-hydrogen) atoms. The van der Waals surface area contributed by atoms with Gasteiger partial charge in [-0.15, -0.1) is 0 Å². The van der Waals surface area contributed by atoms with Crippen LogP contribution in [0.15, 0.2) is 90.1 Å². The largest absolute Gasteiger partial charge is 0.294 e. The van der Waals surface area contributed by atoms with Gasteiger partial charge < -0.3 is 0 Å². The third-order valence-corrected chi connectivity index (χ3v) is 6.49. The molecule has 2 aliphatic rings.